The molecule has 0 aliphatic rings. The van der Waals surface area contributed by atoms with E-state index in [-0.39, 0.29) is 5.41 Å². The number of nitrogens with one attached hydrogen (secondary N) is 1. The smallest absolute Gasteiger partial charge is 0.117 e. The summed E-state index contributed by atoms with van der Waals surface area (Å²) in [6.07, 6.45) is 0. The third-order valence-corrected chi connectivity index (χ3v) is 6.19. The summed E-state index contributed by atoms with van der Waals surface area (Å²) >= 11 is 0. The third kappa shape index (κ3) is 3.66. The van der Waals surface area contributed by atoms with E-state index in [0.717, 1.165) is 16.9 Å². The third-order valence-electron chi connectivity index (χ3n) is 6.19. The van der Waals surface area contributed by atoms with Crippen LogP contribution < -0.4 is 0 Å². The number of rotatable bonds is 4. The Morgan fingerprint density at radius 1 is 0.613 bits per heavy atom. The Hall–Kier alpha value is -3.65. The largest absolute Gasteiger partial charge is 0.341 e. The number of hydrogen-bond acceptors (Lipinski definition) is 1. The van der Waals surface area contributed by atoms with E-state index in [4.69, 9.17) is 4.98 Å². The van der Waals surface area contributed by atoms with E-state index in [1.54, 1.807) is 0 Å². The van der Waals surface area contributed by atoms with Crippen LogP contribution in [-0.4, -0.2) is 9.97 Å². The molecule has 2 nitrogen and oxygen atoms in total. The molecule has 0 aliphatic carbocycles. The van der Waals surface area contributed by atoms with Crippen LogP contribution in [0.15, 0.2) is 97.1 Å². The summed E-state index contributed by atoms with van der Waals surface area (Å²) in [5.74, 6) is 0.990. The van der Waals surface area contributed by atoms with Crippen molar-refractivity contribution in [3.05, 3.63) is 114 Å². The molecule has 1 N–H and O–H groups in total. The van der Waals surface area contributed by atoms with Crippen LogP contribution in [0.5, 0.6) is 0 Å². The minimum absolute atomic E-state index is 0.202. The van der Waals surface area contributed by atoms with Crippen LogP contribution in [0.1, 0.15) is 30.8 Å². The summed E-state index contributed by atoms with van der Waals surface area (Å²) < 4.78 is 0. The highest BCUT2D eigenvalue weighted by atomic mass is 14.9. The van der Waals surface area contributed by atoms with Gasteiger partial charge in [-0.25, -0.2) is 4.98 Å². The fraction of sp³-hybridized carbons (Fsp3) is 0.138. The average molecular weight is 403 g/mol. The molecule has 2 heteroatoms. The molecule has 0 saturated heterocycles. The number of nitrogens with zero attached hydrogens (tertiary/aromatic N) is 1. The lowest BCUT2D eigenvalue weighted by molar-refractivity contribution is 0.601. The minimum atomic E-state index is -0.202. The maximum Gasteiger partial charge on any atom is 0.117 e. The second kappa shape index (κ2) is 7.55. The summed E-state index contributed by atoms with van der Waals surface area (Å²) in [6.45, 7) is 6.55. The highest BCUT2D eigenvalue weighted by Crippen LogP contribution is 2.33. The van der Waals surface area contributed by atoms with Crippen molar-refractivity contribution in [2.24, 2.45) is 0 Å². The van der Waals surface area contributed by atoms with Crippen LogP contribution in [0.25, 0.3) is 33.3 Å². The van der Waals surface area contributed by atoms with Gasteiger partial charge in [-0.05, 0) is 60.7 Å². The molecule has 152 valence electrons. The normalized spacial score (nSPS) is 11.7. The molecule has 1 heterocycles. The highest BCUT2D eigenvalue weighted by molar-refractivity contribution is 5.75. The lowest BCUT2D eigenvalue weighted by Crippen LogP contribution is -2.20. The van der Waals surface area contributed by atoms with Gasteiger partial charge in [0.1, 0.15) is 5.82 Å². The average Bonchev–Trinajstić information content (AvgIpc) is 3.25. The molecule has 0 spiro atoms. The Kier molecular flexibility index (Phi) is 4.71. The molecule has 0 radical (unpaired) electrons. The lowest BCUT2D eigenvalue weighted by atomic mass is 9.83. The van der Waals surface area contributed by atoms with Gasteiger partial charge >= 0.3 is 0 Å². The quantitative estimate of drug-likeness (QED) is 0.331. The molecule has 0 aliphatic heterocycles. The van der Waals surface area contributed by atoms with Crippen molar-refractivity contribution >= 4 is 11.0 Å². The van der Waals surface area contributed by atoms with E-state index in [2.05, 4.69) is 111 Å². The summed E-state index contributed by atoms with van der Waals surface area (Å²) in [4.78, 5) is 8.32. The summed E-state index contributed by atoms with van der Waals surface area (Å²) in [6, 6.07) is 34.5. The molecule has 31 heavy (non-hydrogen) atoms. The molecular weight excluding hydrogens is 376 g/mol. The first-order chi connectivity index (χ1) is 15.0. The van der Waals surface area contributed by atoms with Crippen molar-refractivity contribution in [3.63, 3.8) is 0 Å². The first-order valence-corrected chi connectivity index (χ1v) is 10.7. The van der Waals surface area contributed by atoms with Crippen LogP contribution in [0, 0.1) is 6.92 Å². The monoisotopic (exact) mass is 402 g/mol. The number of aromatic nitrogens is 2. The van der Waals surface area contributed by atoms with E-state index < -0.39 is 0 Å². The molecule has 0 fully saturated rings. The first kappa shape index (κ1) is 19.3. The first-order valence-electron chi connectivity index (χ1n) is 10.7. The summed E-state index contributed by atoms with van der Waals surface area (Å²) in [5.41, 5.74) is 9.35. The Morgan fingerprint density at radius 2 is 1.10 bits per heavy atom. The Labute approximate surface area is 183 Å². The predicted octanol–water partition coefficient (Wildman–Crippen LogP) is 7.53. The maximum atomic E-state index is 4.83. The van der Waals surface area contributed by atoms with E-state index >= 15 is 0 Å². The fourth-order valence-electron chi connectivity index (χ4n) is 4.07. The number of hydrogen-bond donors (Lipinski definition) is 1. The minimum Gasteiger partial charge on any atom is -0.341 e. The Bertz CT molecular complexity index is 1290. The van der Waals surface area contributed by atoms with Gasteiger partial charge in [-0.15, -0.1) is 0 Å². The Morgan fingerprint density at radius 3 is 1.65 bits per heavy atom. The molecule has 0 saturated carbocycles. The van der Waals surface area contributed by atoms with Gasteiger partial charge in [0.25, 0.3) is 0 Å². The van der Waals surface area contributed by atoms with Crippen LogP contribution in [0.4, 0.5) is 0 Å². The zero-order chi connectivity index (χ0) is 21.4. The van der Waals surface area contributed by atoms with Crippen LogP contribution >= 0.6 is 0 Å². The molecule has 4 aromatic carbocycles. The predicted molar refractivity (Wildman–Crippen MR) is 130 cm³/mol. The number of para-hydroxylation sites is 2. The summed E-state index contributed by atoms with van der Waals surface area (Å²) in [5, 5.41) is 0. The van der Waals surface area contributed by atoms with Gasteiger partial charge in [-0.2, -0.15) is 0 Å². The highest BCUT2D eigenvalue weighted by Gasteiger charge is 2.26. The SMILES string of the molecule is Cc1ccc(-c2ccc(-c3ccc(C(C)(C)c4nc5ccccc5[nH]4)cc3)cc2)cc1. The number of imidazole rings is 1. The lowest BCUT2D eigenvalue weighted by Gasteiger charge is -2.23. The van der Waals surface area contributed by atoms with Crippen molar-refractivity contribution in [2.75, 3.05) is 0 Å². The second-order valence-corrected chi connectivity index (χ2v) is 8.75. The Balaban J connectivity index is 1.41. The van der Waals surface area contributed by atoms with Gasteiger partial charge in [0, 0.05) is 5.41 Å². The van der Waals surface area contributed by atoms with E-state index in [0.29, 0.717) is 0 Å². The van der Waals surface area contributed by atoms with E-state index in [9.17, 15) is 0 Å². The van der Waals surface area contributed by atoms with Crippen LogP contribution in [-0.2, 0) is 5.41 Å². The maximum absolute atomic E-state index is 4.83. The van der Waals surface area contributed by atoms with E-state index in [1.807, 2.05) is 12.1 Å². The number of aromatic amines is 1. The van der Waals surface area contributed by atoms with Crippen molar-refractivity contribution in [1.29, 1.82) is 0 Å². The van der Waals surface area contributed by atoms with Crippen LogP contribution in [0.2, 0.25) is 0 Å². The van der Waals surface area contributed by atoms with Crippen molar-refractivity contribution in [1.82, 2.24) is 9.97 Å². The molecule has 5 rings (SSSR count). The number of aryl methyl sites for hydroxylation is 1. The van der Waals surface area contributed by atoms with Gasteiger partial charge < -0.3 is 4.98 Å². The number of H-pyrrole nitrogens is 1. The van der Waals surface area contributed by atoms with Crippen molar-refractivity contribution in [2.45, 2.75) is 26.2 Å². The van der Waals surface area contributed by atoms with Gasteiger partial charge in [-0.3, -0.25) is 0 Å². The van der Waals surface area contributed by atoms with Crippen molar-refractivity contribution in [3.8, 4) is 22.3 Å². The van der Waals surface area contributed by atoms with Gasteiger partial charge in [0.15, 0.2) is 0 Å². The molecule has 0 bridgehead atoms. The zero-order valence-corrected chi connectivity index (χ0v) is 18.2. The molecule has 0 atom stereocenters. The van der Waals surface area contributed by atoms with Gasteiger partial charge in [0.05, 0.1) is 11.0 Å². The second-order valence-electron chi connectivity index (χ2n) is 8.75. The van der Waals surface area contributed by atoms with Crippen LogP contribution in [0.3, 0.4) is 0 Å². The van der Waals surface area contributed by atoms with Crippen molar-refractivity contribution < 1.29 is 0 Å². The molecule has 1 aromatic heterocycles. The number of fused-ring (bicyclic) bond motifs is 1. The zero-order valence-electron chi connectivity index (χ0n) is 18.2. The molecular formula is C29H26N2. The number of benzene rings is 4. The summed E-state index contributed by atoms with van der Waals surface area (Å²) in [7, 11) is 0. The molecule has 0 unspecified atom stereocenters. The fourth-order valence-corrected chi connectivity index (χ4v) is 4.07. The van der Waals surface area contributed by atoms with Gasteiger partial charge in [0.2, 0.25) is 0 Å². The topological polar surface area (TPSA) is 28.7 Å². The molecule has 0 amide bonds. The van der Waals surface area contributed by atoms with E-state index in [1.165, 1.54) is 33.4 Å². The molecule has 5 aromatic rings. The van der Waals surface area contributed by atoms with Gasteiger partial charge in [-0.1, -0.05) is 90.5 Å². The standard InChI is InChI=1S/C29H26N2/c1-20-8-10-21(11-9-20)22-12-14-23(15-13-22)24-16-18-25(19-17-24)29(2,3)28-30-26-6-4-5-7-27(26)31-28/h4-19H,1-3H3,(H,30,31).